The van der Waals surface area contributed by atoms with Crippen LogP contribution in [0.1, 0.15) is 145 Å². The Bertz CT molecular complexity index is 524. The van der Waals surface area contributed by atoms with Crippen molar-refractivity contribution in [2.75, 3.05) is 0 Å². The van der Waals surface area contributed by atoms with Gasteiger partial charge in [0.1, 0.15) is 10.0 Å². The maximum atomic E-state index is 4.67. The fourth-order valence-electron chi connectivity index (χ4n) is 5.50. The van der Waals surface area contributed by atoms with E-state index in [1.807, 2.05) is 11.3 Å². The Balaban J connectivity index is 1.37. The lowest BCUT2D eigenvalue weighted by atomic mass is 9.80. The fourth-order valence-corrected chi connectivity index (χ4v) is 6.68. The maximum Gasteiger partial charge on any atom is 0.120 e. The first-order valence-electron chi connectivity index (χ1n) is 12.6. The van der Waals surface area contributed by atoms with Crippen LogP contribution in [0.4, 0.5) is 0 Å². The molecular weight excluding hydrogens is 360 g/mol. The average molecular weight is 405 g/mol. The lowest BCUT2D eigenvalue weighted by molar-refractivity contribution is 0.300. The summed E-state index contributed by atoms with van der Waals surface area (Å²) in [5.41, 5.74) is 0. The van der Waals surface area contributed by atoms with Crippen molar-refractivity contribution in [1.29, 1.82) is 0 Å². The predicted molar refractivity (Wildman–Crippen MR) is 122 cm³/mol. The molecule has 0 N–H and O–H groups in total. The van der Waals surface area contributed by atoms with Crippen molar-refractivity contribution in [3.8, 4) is 0 Å². The van der Waals surface area contributed by atoms with Crippen LogP contribution in [0, 0.1) is 11.8 Å². The zero-order chi connectivity index (χ0) is 19.6. The predicted octanol–water partition coefficient (Wildman–Crippen LogP) is 8.64. The summed E-state index contributed by atoms with van der Waals surface area (Å²) in [7, 11) is 0. The molecule has 0 unspecified atom stereocenters. The average Bonchev–Trinajstić information content (AvgIpc) is 3.23. The molecule has 1 heterocycles. The largest absolute Gasteiger partial charge is 0.143 e. The van der Waals surface area contributed by atoms with Gasteiger partial charge in [0, 0.05) is 11.8 Å². The molecule has 160 valence electrons. The van der Waals surface area contributed by atoms with Gasteiger partial charge in [-0.3, -0.25) is 0 Å². The van der Waals surface area contributed by atoms with E-state index < -0.39 is 0 Å². The first-order chi connectivity index (χ1) is 13.8. The zero-order valence-electron chi connectivity index (χ0n) is 18.6. The van der Waals surface area contributed by atoms with E-state index in [4.69, 9.17) is 0 Å². The molecule has 3 heteroatoms. The Hall–Kier alpha value is -0.440. The summed E-state index contributed by atoms with van der Waals surface area (Å²) in [5.74, 6) is 3.40. The molecule has 1 aromatic rings. The molecular formula is C25H44N2S. The van der Waals surface area contributed by atoms with Crippen molar-refractivity contribution in [1.82, 2.24) is 10.2 Å². The van der Waals surface area contributed by atoms with E-state index in [1.165, 1.54) is 119 Å². The molecule has 0 spiro atoms. The molecule has 28 heavy (non-hydrogen) atoms. The molecule has 2 fully saturated rings. The normalized spacial score (nSPS) is 28.5. The molecule has 2 nitrogen and oxygen atoms in total. The van der Waals surface area contributed by atoms with Crippen molar-refractivity contribution in [3.63, 3.8) is 0 Å². The Morgan fingerprint density at radius 3 is 1.57 bits per heavy atom. The third-order valence-corrected chi connectivity index (χ3v) is 8.78. The van der Waals surface area contributed by atoms with Crippen LogP contribution < -0.4 is 0 Å². The molecule has 0 atom stereocenters. The highest BCUT2D eigenvalue weighted by Gasteiger charge is 2.28. The van der Waals surface area contributed by atoms with Gasteiger partial charge in [-0.15, -0.1) is 21.5 Å². The van der Waals surface area contributed by atoms with Crippen molar-refractivity contribution >= 4 is 11.3 Å². The van der Waals surface area contributed by atoms with Gasteiger partial charge in [0.05, 0.1) is 0 Å². The van der Waals surface area contributed by atoms with Crippen LogP contribution in [0.2, 0.25) is 0 Å². The topological polar surface area (TPSA) is 25.8 Å². The van der Waals surface area contributed by atoms with Crippen molar-refractivity contribution in [2.45, 2.75) is 135 Å². The van der Waals surface area contributed by atoms with E-state index >= 15 is 0 Å². The van der Waals surface area contributed by atoms with Gasteiger partial charge in [0.15, 0.2) is 0 Å². The summed E-state index contributed by atoms with van der Waals surface area (Å²) in [4.78, 5) is 0. The molecule has 3 rings (SSSR count). The lowest BCUT2D eigenvalue weighted by Crippen LogP contribution is -2.13. The van der Waals surface area contributed by atoms with Gasteiger partial charge in [-0.2, -0.15) is 0 Å². The first-order valence-corrected chi connectivity index (χ1v) is 13.4. The lowest BCUT2D eigenvalue weighted by Gasteiger charge is -2.27. The van der Waals surface area contributed by atoms with E-state index in [0.29, 0.717) is 11.8 Å². The minimum Gasteiger partial charge on any atom is -0.143 e. The second kappa shape index (κ2) is 12.3. The van der Waals surface area contributed by atoms with Crippen molar-refractivity contribution in [2.24, 2.45) is 11.8 Å². The fraction of sp³-hybridized carbons (Fsp3) is 0.920. The Kier molecular flexibility index (Phi) is 9.77. The third kappa shape index (κ3) is 6.82. The summed E-state index contributed by atoms with van der Waals surface area (Å²) in [6, 6.07) is 0. The SMILES string of the molecule is CCCCCCCC1CCC(c2nnc(C3CCC(CCCC)CC3)s2)CC1. The summed E-state index contributed by atoms with van der Waals surface area (Å²) < 4.78 is 0. The summed E-state index contributed by atoms with van der Waals surface area (Å²) in [6.45, 7) is 4.62. The third-order valence-electron chi connectivity index (χ3n) is 7.53. The molecule has 2 aliphatic rings. The van der Waals surface area contributed by atoms with Gasteiger partial charge in [0.2, 0.25) is 0 Å². The molecule has 1 aromatic heterocycles. The molecule has 2 saturated carbocycles. The Morgan fingerprint density at radius 1 is 0.607 bits per heavy atom. The number of rotatable bonds is 11. The number of hydrogen-bond donors (Lipinski definition) is 0. The molecule has 0 amide bonds. The molecule has 2 aliphatic carbocycles. The number of unbranched alkanes of at least 4 members (excludes halogenated alkanes) is 5. The van der Waals surface area contributed by atoms with Crippen LogP contribution in [0.3, 0.4) is 0 Å². The van der Waals surface area contributed by atoms with E-state index in [0.717, 1.165) is 11.8 Å². The van der Waals surface area contributed by atoms with E-state index in [2.05, 4.69) is 24.0 Å². The summed E-state index contributed by atoms with van der Waals surface area (Å²) in [6.07, 6.45) is 23.9. The molecule has 0 bridgehead atoms. The van der Waals surface area contributed by atoms with Crippen LogP contribution in [0.25, 0.3) is 0 Å². The quantitative estimate of drug-likeness (QED) is 0.345. The standard InChI is InChI=1S/C25H44N2S/c1-3-5-7-8-9-11-21-14-18-23(19-15-21)25-27-26-24(28-25)22-16-12-20(13-17-22)10-6-4-2/h20-23H,3-19H2,1-2H3. The molecule has 0 radical (unpaired) electrons. The van der Waals surface area contributed by atoms with Gasteiger partial charge < -0.3 is 0 Å². The van der Waals surface area contributed by atoms with Gasteiger partial charge in [0.25, 0.3) is 0 Å². The monoisotopic (exact) mass is 404 g/mol. The van der Waals surface area contributed by atoms with E-state index in [1.54, 1.807) is 0 Å². The van der Waals surface area contributed by atoms with E-state index in [9.17, 15) is 0 Å². The zero-order valence-corrected chi connectivity index (χ0v) is 19.4. The molecule has 0 aliphatic heterocycles. The highest BCUT2D eigenvalue weighted by molar-refractivity contribution is 7.11. The second-order valence-corrected chi connectivity index (χ2v) is 10.8. The van der Waals surface area contributed by atoms with Gasteiger partial charge in [-0.05, 0) is 63.2 Å². The van der Waals surface area contributed by atoms with Gasteiger partial charge >= 0.3 is 0 Å². The highest BCUT2D eigenvalue weighted by Crippen LogP contribution is 2.42. The Labute approximate surface area is 178 Å². The van der Waals surface area contributed by atoms with Crippen LogP contribution in [-0.4, -0.2) is 10.2 Å². The van der Waals surface area contributed by atoms with Crippen molar-refractivity contribution < 1.29 is 0 Å². The van der Waals surface area contributed by atoms with E-state index in [-0.39, 0.29) is 0 Å². The molecule has 0 saturated heterocycles. The van der Waals surface area contributed by atoms with Crippen LogP contribution >= 0.6 is 11.3 Å². The smallest absolute Gasteiger partial charge is 0.120 e. The van der Waals surface area contributed by atoms with Crippen LogP contribution in [0.15, 0.2) is 0 Å². The number of nitrogens with zero attached hydrogens (tertiary/aromatic N) is 2. The van der Waals surface area contributed by atoms with Gasteiger partial charge in [-0.1, -0.05) is 71.6 Å². The van der Waals surface area contributed by atoms with Crippen LogP contribution in [-0.2, 0) is 0 Å². The minimum absolute atomic E-state index is 0.712. The Morgan fingerprint density at radius 2 is 1.07 bits per heavy atom. The highest BCUT2D eigenvalue weighted by atomic mass is 32.1. The summed E-state index contributed by atoms with van der Waals surface area (Å²) in [5, 5.41) is 12.1. The summed E-state index contributed by atoms with van der Waals surface area (Å²) >= 11 is 1.97. The maximum absolute atomic E-state index is 4.67. The number of hydrogen-bond acceptors (Lipinski definition) is 3. The second-order valence-electron chi connectivity index (χ2n) is 9.76. The van der Waals surface area contributed by atoms with Gasteiger partial charge in [-0.25, -0.2) is 0 Å². The number of aromatic nitrogens is 2. The first kappa shape index (κ1) is 22.2. The van der Waals surface area contributed by atoms with Crippen LogP contribution in [0.5, 0.6) is 0 Å². The molecule has 0 aromatic carbocycles. The van der Waals surface area contributed by atoms with Crippen molar-refractivity contribution in [3.05, 3.63) is 10.0 Å². The minimum atomic E-state index is 0.712.